The minimum atomic E-state index is -0.375. The fourth-order valence-corrected chi connectivity index (χ4v) is 0.557. The molecular formula is C8H14O4. The molecule has 0 aromatic carbocycles. The summed E-state index contributed by atoms with van der Waals surface area (Å²) in [4.78, 5) is 14.6. The Hall–Kier alpha value is -0.870. The lowest BCUT2D eigenvalue weighted by molar-refractivity contribution is -0.243. The molecule has 4 nitrogen and oxygen atoms in total. The monoisotopic (exact) mass is 174 g/mol. The number of carbonyl (C=O) groups is 1. The van der Waals surface area contributed by atoms with Crippen LogP contribution in [0.4, 0.5) is 0 Å². The molecule has 0 spiro atoms. The molecule has 0 aromatic heterocycles. The van der Waals surface area contributed by atoms with E-state index >= 15 is 0 Å². The Morgan fingerprint density at radius 1 is 1.42 bits per heavy atom. The molecule has 0 aromatic rings. The summed E-state index contributed by atoms with van der Waals surface area (Å²) in [6.07, 6.45) is 1.35. The van der Waals surface area contributed by atoms with Crippen molar-refractivity contribution in [3.63, 3.8) is 0 Å². The van der Waals surface area contributed by atoms with Crippen LogP contribution < -0.4 is 0 Å². The number of hydrogen-bond donors (Lipinski definition) is 1. The summed E-state index contributed by atoms with van der Waals surface area (Å²) in [6.45, 7) is 5.64. The van der Waals surface area contributed by atoms with Crippen molar-refractivity contribution in [1.29, 1.82) is 0 Å². The second-order valence-corrected chi connectivity index (χ2v) is 2.46. The molecule has 1 N–H and O–H groups in total. The molecule has 0 radical (unpaired) electrons. The number of hydrogen-bond acceptors (Lipinski definition) is 4. The van der Waals surface area contributed by atoms with E-state index in [1.54, 1.807) is 6.92 Å². The zero-order valence-electron chi connectivity index (χ0n) is 7.21. The number of esters is 1. The predicted molar refractivity (Wildman–Crippen MR) is 43.6 cm³/mol. The summed E-state index contributed by atoms with van der Waals surface area (Å²) in [7, 11) is 0. The third-order valence-electron chi connectivity index (χ3n) is 1.21. The molecule has 70 valence electrons. The van der Waals surface area contributed by atoms with Crippen LogP contribution in [0.25, 0.3) is 0 Å². The lowest BCUT2D eigenvalue weighted by atomic mass is 10.3. The van der Waals surface area contributed by atoms with Crippen LogP contribution in [0.2, 0.25) is 0 Å². The first-order chi connectivity index (χ1) is 5.68. The van der Waals surface area contributed by atoms with Gasteiger partial charge in [-0.2, -0.15) is 0 Å². The van der Waals surface area contributed by atoms with Crippen molar-refractivity contribution in [3.8, 4) is 0 Å². The second-order valence-electron chi connectivity index (χ2n) is 2.46. The number of ether oxygens (including phenoxy) is 1. The fourth-order valence-electron chi connectivity index (χ4n) is 0.557. The fraction of sp³-hybridized carbons (Fsp3) is 0.625. The number of rotatable bonds is 6. The van der Waals surface area contributed by atoms with Crippen molar-refractivity contribution >= 4 is 5.97 Å². The van der Waals surface area contributed by atoms with E-state index in [0.717, 1.165) is 0 Å². The van der Waals surface area contributed by atoms with Crippen molar-refractivity contribution in [2.75, 3.05) is 13.2 Å². The minimum Gasteiger partial charge on any atom is -0.462 e. The molecule has 0 saturated carbocycles. The Kier molecular flexibility index (Phi) is 6.32. The van der Waals surface area contributed by atoms with Crippen LogP contribution >= 0.6 is 0 Å². The van der Waals surface area contributed by atoms with Gasteiger partial charge in [0, 0.05) is 5.57 Å². The van der Waals surface area contributed by atoms with Crippen molar-refractivity contribution in [3.05, 3.63) is 12.2 Å². The molecule has 0 amide bonds. The van der Waals surface area contributed by atoms with Gasteiger partial charge in [-0.15, -0.1) is 0 Å². The Morgan fingerprint density at radius 3 is 2.50 bits per heavy atom. The molecular weight excluding hydrogens is 160 g/mol. The van der Waals surface area contributed by atoms with Gasteiger partial charge in [-0.3, -0.25) is 5.26 Å². The first-order valence-corrected chi connectivity index (χ1v) is 3.77. The third kappa shape index (κ3) is 5.88. The minimum absolute atomic E-state index is 0.268. The highest BCUT2D eigenvalue weighted by Crippen LogP contribution is 1.95. The molecule has 0 rings (SSSR count). The van der Waals surface area contributed by atoms with Crippen LogP contribution in [0.15, 0.2) is 12.2 Å². The molecule has 4 heteroatoms. The van der Waals surface area contributed by atoms with Gasteiger partial charge in [0.25, 0.3) is 0 Å². The summed E-state index contributed by atoms with van der Waals surface area (Å²) < 4.78 is 4.77. The van der Waals surface area contributed by atoms with E-state index in [2.05, 4.69) is 11.5 Å². The molecule has 12 heavy (non-hydrogen) atoms. The van der Waals surface area contributed by atoms with Crippen LogP contribution in [0.3, 0.4) is 0 Å². The highest BCUT2D eigenvalue weighted by atomic mass is 17.1. The van der Waals surface area contributed by atoms with E-state index in [0.29, 0.717) is 25.0 Å². The zero-order valence-corrected chi connectivity index (χ0v) is 7.21. The quantitative estimate of drug-likeness (QED) is 0.217. The highest BCUT2D eigenvalue weighted by molar-refractivity contribution is 5.86. The van der Waals surface area contributed by atoms with E-state index in [-0.39, 0.29) is 12.6 Å². The Labute approximate surface area is 71.7 Å². The van der Waals surface area contributed by atoms with E-state index in [9.17, 15) is 4.79 Å². The van der Waals surface area contributed by atoms with Crippen LogP contribution in [0, 0.1) is 0 Å². The standard InChI is InChI=1S/C8H14O4/c1-7(2)8(9)11-5-3-4-6-12-10/h10H,1,3-6H2,2H3. The van der Waals surface area contributed by atoms with E-state index in [1.807, 2.05) is 0 Å². The lowest BCUT2D eigenvalue weighted by Gasteiger charge is -2.02. The average molecular weight is 174 g/mol. The maximum Gasteiger partial charge on any atom is 0.333 e. The summed E-state index contributed by atoms with van der Waals surface area (Å²) >= 11 is 0. The molecule has 0 bridgehead atoms. The van der Waals surface area contributed by atoms with Gasteiger partial charge in [-0.1, -0.05) is 6.58 Å². The van der Waals surface area contributed by atoms with Gasteiger partial charge in [-0.05, 0) is 19.8 Å². The third-order valence-corrected chi connectivity index (χ3v) is 1.21. The summed E-state index contributed by atoms with van der Waals surface area (Å²) in [5.74, 6) is -0.375. The largest absolute Gasteiger partial charge is 0.462 e. The number of carbonyl (C=O) groups excluding carboxylic acids is 1. The van der Waals surface area contributed by atoms with E-state index in [1.165, 1.54) is 0 Å². The van der Waals surface area contributed by atoms with Gasteiger partial charge in [0.2, 0.25) is 0 Å². The maximum atomic E-state index is 10.8. The first-order valence-electron chi connectivity index (χ1n) is 3.77. The SMILES string of the molecule is C=C(C)C(=O)OCCCCOO. The van der Waals surface area contributed by atoms with Crippen molar-refractivity contribution in [2.24, 2.45) is 0 Å². The van der Waals surface area contributed by atoms with Gasteiger partial charge >= 0.3 is 5.97 Å². The van der Waals surface area contributed by atoms with Crippen LogP contribution in [-0.4, -0.2) is 24.4 Å². The van der Waals surface area contributed by atoms with Gasteiger partial charge in [0.15, 0.2) is 0 Å². The van der Waals surface area contributed by atoms with E-state index in [4.69, 9.17) is 9.99 Å². The Bertz CT molecular complexity index is 153. The zero-order chi connectivity index (χ0) is 9.40. The predicted octanol–water partition coefficient (Wildman–Crippen LogP) is 1.38. The molecule has 0 aliphatic heterocycles. The smallest absolute Gasteiger partial charge is 0.333 e. The normalized spacial score (nSPS) is 9.50. The van der Waals surface area contributed by atoms with Crippen LogP contribution in [0.5, 0.6) is 0 Å². The first kappa shape index (κ1) is 11.1. The summed E-state index contributed by atoms with van der Waals surface area (Å²) in [5, 5.41) is 7.94. The Balaban J connectivity index is 3.20. The molecule has 0 fully saturated rings. The summed E-state index contributed by atoms with van der Waals surface area (Å²) in [6, 6.07) is 0. The van der Waals surface area contributed by atoms with Gasteiger partial charge in [0.05, 0.1) is 13.2 Å². The van der Waals surface area contributed by atoms with Crippen molar-refractivity contribution in [1.82, 2.24) is 0 Å². The molecule has 0 saturated heterocycles. The second kappa shape index (κ2) is 6.82. The van der Waals surface area contributed by atoms with Gasteiger partial charge in [-0.25, -0.2) is 9.68 Å². The molecule has 0 heterocycles. The molecule has 0 unspecified atom stereocenters. The molecule has 0 aliphatic carbocycles. The van der Waals surface area contributed by atoms with E-state index < -0.39 is 0 Å². The Morgan fingerprint density at radius 2 is 2.00 bits per heavy atom. The average Bonchev–Trinajstić information content (AvgIpc) is 2.03. The topological polar surface area (TPSA) is 55.8 Å². The van der Waals surface area contributed by atoms with Crippen LogP contribution in [0.1, 0.15) is 19.8 Å². The van der Waals surface area contributed by atoms with Gasteiger partial charge in [0.1, 0.15) is 0 Å². The van der Waals surface area contributed by atoms with Crippen molar-refractivity contribution < 1.29 is 19.7 Å². The lowest BCUT2D eigenvalue weighted by Crippen LogP contribution is -2.06. The van der Waals surface area contributed by atoms with Crippen LogP contribution in [-0.2, 0) is 14.4 Å². The van der Waals surface area contributed by atoms with Gasteiger partial charge < -0.3 is 4.74 Å². The highest BCUT2D eigenvalue weighted by Gasteiger charge is 2.01. The molecule has 0 atom stereocenters. The summed E-state index contributed by atoms with van der Waals surface area (Å²) in [5.41, 5.74) is 0.397. The molecule has 0 aliphatic rings. The number of unbranched alkanes of at least 4 members (excludes halogenated alkanes) is 1. The van der Waals surface area contributed by atoms with Crippen molar-refractivity contribution in [2.45, 2.75) is 19.8 Å². The maximum absolute atomic E-state index is 10.8.